The topological polar surface area (TPSA) is 44.8 Å². The van der Waals surface area contributed by atoms with Gasteiger partial charge in [-0.15, -0.1) is 0 Å². The van der Waals surface area contributed by atoms with Crippen molar-refractivity contribution in [2.45, 2.75) is 89.9 Å². The number of unbranched alkanes of at least 4 members (excludes halogenated alkanes) is 9. The van der Waals surface area contributed by atoms with E-state index in [0.717, 1.165) is 12.8 Å². The lowest BCUT2D eigenvalue weighted by Gasteiger charge is -2.13. The molecule has 2 unspecified atom stereocenters. The van der Waals surface area contributed by atoms with Crippen molar-refractivity contribution in [2.75, 3.05) is 26.5 Å². The minimum atomic E-state index is -2.42. The van der Waals surface area contributed by atoms with Crippen LogP contribution in [0.3, 0.4) is 0 Å². The third kappa shape index (κ3) is 12.2. The number of hydrogen-bond acceptors (Lipinski definition) is 4. The van der Waals surface area contributed by atoms with Crippen LogP contribution >= 0.6 is 7.37 Å². The van der Waals surface area contributed by atoms with Crippen LogP contribution in [0.15, 0.2) is 0 Å². The molecule has 1 saturated heterocycles. The van der Waals surface area contributed by atoms with Gasteiger partial charge >= 0.3 is 0 Å². The molecule has 0 bridgehead atoms. The molecule has 2 atom stereocenters. The van der Waals surface area contributed by atoms with Crippen LogP contribution in [0.1, 0.15) is 77.6 Å². The van der Waals surface area contributed by atoms with Gasteiger partial charge in [-0.2, -0.15) is 0 Å². The Bertz CT molecular complexity index is 329. The average Bonchev–Trinajstić information content (AvgIpc) is 2.94. The van der Waals surface area contributed by atoms with Gasteiger partial charge < -0.3 is 14.0 Å². The summed E-state index contributed by atoms with van der Waals surface area (Å²) in [6.07, 6.45) is 14.2. The fourth-order valence-corrected chi connectivity index (χ4v) is 3.33. The zero-order valence-corrected chi connectivity index (χ0v) is 16.3. The summed E-state index contributed by atoms with van der Waals surface area (Å²) in [4.78, 5) is 0. The average molecular weight is 348 g/mol. The highest BCUT2D eigenvalue weighted by Crippen LogP contribution is 2.37. The smallest absolute Gasteiger partial charge is 0.197 e. The Morgan fingerprint density at radius 2 is 1.52 bits per heavy atom. The van der Waals surface area contributed by atoms with Gasteiger partial charge in [-0.25, -0.2) is 0 Å². The molecule has 1 fully saturated rings. The van der Waals surface area contributed by atoms with Crippen LogP contribution in [0.4, 0.5) is 0 Å². The molecule has 1 aliphatic heterocycles. The Balaban J connectivity index is 1.88. The molecular formula is C18H37O4P. The monoisotopic (exact) mass is 348 g/mol. The first kappa shape index (κ1) is 21.2. The van der Waals surface area contributed by atoms with Gasteiger partial charge in [-0.1, -0.05) is 64.7 Å². The van der Waals surface area contributed by atoms with E-state index in [-0.39, 0.29) is 12.4 Å². The molecule has 0 aliphatic carbocycles. The molecule has 138 valence electrons. The lowest BCUT2D eigenvalue weighted by molar-refractivity contribution is -0.0684. The van der Waals surface area contributed by atoms with Crippen molar-refractivity contribution in [1.82, 2.24) is 0 Å². The summed E-state index contributed by atoms with van der Waals surface area (Å²) in [7, 11) is -2.42. The molecule has 5 heteroatoms. The van der Waals surface area contributed by atoms with Gasteiger partial charge in [0.2, 0.25) is 0 Å². The molecule has 4 nitrogen and oxygen atoms in total. The van der Waals surface area contributed by atoms with Gasteiger partial charge in [-0.3, -0.25) is 4.57 Å². The molecule has 1 rings (SSSR count). The maximum atomic E-state index is 11.5. The Hall–Kier alpha value is 0.110. The van der Waals surface area contributed by atoms with Crippen LogP contribution < -0.4 is 0 Å². The fourth-order valence-electron chi connectivity index (χ4n) is 2.81. The molecule has 0 aromatic carbocycles. The van der Waals surface area contributed by atoms with Gasteiger partial charge in [-0.05, 0) is 12.8 Å². The van der Waals surface area contributed by atoms with Crippen LogP contribution in [-0.4, -0.2) is 38.9 Å². The van der Waals surface area contributed by atoms with Crippen LogP contribution in [0.5, 0.6) is 0 Å². The molecule has 0 amide bonds. The van der Waals surface area contributed by atoms with Crippen molar-refractivity contribution in [3.8, 4) is 0 Å². The predicted molar refractivity (Wildman–Crippen MR) is 96.5 cm³/mol. The summed E-state index contributed by atoms with van der Waals surface area (Å²) >= 11 is 0. The Morgan fingerprint density at radius 3 is 2.09 bits per heavy atom. The zero-order valence-electron chi connectivity index (χ0n) is 15.4. The largest absolute Gasteiger partial charge is 0.350 e. The van der Waals surface area contributed by atoms with E-state index >= 15 is 0 Å². The van der Waals surface area contributed by atoms with E-state index in [1.807, 2.05) is 0 Å². The Kier molecular flexibility index (Phi) is 11.5. The first-order chi connectivity index (χ1) is 11.0. The maximum absolute atomic E-state index is 11.5. The van der Waals surface area contributed by atoms with Crippen molar-refractivity contribution < 1.29 is 18.6 Å². The summed E-state index contributed by atoms with van der Waals surface area (Å²) in [5, 5.41) is 0. The molecule has 0 aromatic heterocycles. The lowest BCUT2D eigenvalue weighted by atomic mass is 10.1. The van der Waals surface area contributed by atoms with Gasteiger partial charge in [0, 0.05) is 13.3 Å². The van der Waals surface area contributed by atoms with Crippen molar-refractivity contribution in [1.29, 1.82) is 0 Å². The molecule has 23 heavy (non-hydrogen) atoms. The normalized spacial score (nSPS) is 21.9. The zero-order chi connectivity index (χ0) is 17.0. The molecule has 0 radical (unpaired) electrons. The summed E-state index contributed by atoms with van der Waals surface area (Å²) in [5.74, 6) is 0. The van der Waals surface area contributed by atoms with E-state index in [9.17, 15) is 4.57 Å². The van der Waals surface area contributed by atoms with Gasteiger partial charge in [0.25, 0.3) is 0 Å². The second kappa shape index (κ2) is 12.5. The summed E-state index contributed by atoms with van der Waals surface area (Å²) in [6, 6.07) is 0. The van der Waals surface area contributed by atoms with Crippen molar-refractivity contribution in [2.24, 2.45) is 0 Å². The van der Waals surface area contributed by atoms with Gasteiger partial charge in [0.05, 0.1) is 13.2 Å². The number of ether oxygens (including phenoxy) is 2. The lowest BCUT2D eigenvalue weighted by Crippen LogP contribution is -2.18. The van der Waals surface area contributed by atoms with E-state index in [2.05, 4.69) is 6.92 Å². The molecule has 1 aliphatic rings. The molecule has 0 N–H and O–H groups in total. The SMILES string of the molecule is CCCCCCCCCCCCC1OCC(COP(C)(C)=O)O1. The highest BCUT2D eigenvalue weighted by molar-refractivity contribution is 7.57. The van der Waals surface area contributed by atoms with Gasteiger partial charge in [0.15, 0.2) is 13.7 Å². The standard InChI is InChI=1S/C18H37O4P/c1-4-5-6-7-8-9-10-11-12-13-14-18-20-15-17(22-18)16-21-23(2,3)19/h17-18H,4-16H2,1-3H3. The Morgan fingerprint density at radius 1 is 0.957 bits per heavy atom. The molecule has 0 spiro atoms. The Labute approximate surface area is 143 Å². The van der Waals surface area contributed by atoms with Crippen molar-refractivity contribution >= 4 is 7.37 Å². The third-order valence-corrected chi connectivity index (χ3v) is 4.95. The minimum Gasteiger partial charge on any atom is -0.350 e. The molecule has 0 saturated carbocycles. The van der Waals surface area contributed by atoms with E-state index in [4.69, 9.17) is 14.0 Å². The minimum absolute atomic E-state index is 0.0589. The van der Waals surface area contributed by atoms with Crippen LogP contribution in [-0.2, 0) is 18.6 Å². The van der Waals surface area contributed by atoms with E-state index in [1.165, 1.54) is 57.8 Å². The predicted octanol–water partition coefficient (Wildman–Crippen LogP) is 5.59. The highest BCUT2D eigenvalue weighted by Gasteiger charge is 2.26. The molecule has 0 aromatic rings. The van der Waals surface area contributed by atoms with Crippen molar-refractivity contribution in [3.05, 3.63) is 0 Å². The first-order valence-corrected chi connectivity index (χ1v) is 12.0. The highest BCUT2D eigenvalue weighted by atomic mass is 31.2. The van der Waals surface area contributed by atoms with E-state index < -0.39 is 7.37 Å². The van der Waals surface area contributed by atoms with E-state index in [0.29, 0.717) is 13.2 Å². The third-order valence-electron chi connectivity index (χ3n) is 4.18. The van der Waals surface area contributed by atoms with Crippen molar-refractivity contribution in [3.63, 3.8) is 0 Å². The summed E-state index contributed by atoms with van der Waals surface area (Å²) in [6.45, 7) is 6.45. The van der Waals surface area contributed by atoms with Crippen LogP contribution in [0.25, 0.3) is 0 Å². The van der Waals surface area contributed by atoms with Crippen LogP contribution in [0.2, 0.25) is 0 Å². The second-order valence-electron chi connectivity index (χ2n) is 7.04. The van der Waals surface area contributed by atoms with Gasteiger partial charge in [0.1, 0.15) is 6.10 Å². The number of hydrogen-bond donors (Lipinski definition) is 0. The summed E-state index contributed by atoms with van der Waals surface area (Å²) < 4.78 is 28.2. The fraction of sp³-hybridized carbons (Fsp3) is 1.00. The molecular weight excluding hydrogens is 311 g/mol. The maximum Gasteiger partial charge on any atom is 0.197 e. The molecule has 1 heterocycles. The summed E-state index contributed by atoms with van der Waals surface area (Å²) in [5.41, 5.74) is 0. The second-order valence-corrected chi connectivity index (χ2v) is 9.80. The first-order valence-electron chi connectivity index (χ1n) is 9.48. The quantitative estimate of drug-likeness (QED) is 0.303. The van der Waals surface area contributed by atoms with Crippen LogP contribution in [0, 0.1) is 0 Å². The van der Waals surface area contributed by atoms with E-state index in [1.54, 1.807) is 13.3 Å². The number of rotatable bonds is 14.